The highest BCUT2D eigenvalue weighted by atomic mass is 35.5. The molecule has 5 heteroatoms. The Morgan fingerprint density at radius 1 is 1.50 bits per heavy atom. The van der Waals surface area contributed by atoms with Crippen LogP contribution < -0.4 is 5.32 Å². The Morgan fingerprint density at radius 2 is 2.17 bits per heavy atom. The second kappa shape index (κ2) is 5.74. The molecule has 1 N–H and O–H groups in total. The Bertz CT molecular complexity index is 422. The van der Waals surface area contributed by atoms with Crippen LogP contribution in [0.4, 0.5) is 0 Å². The van der Waals surface area contributed by atoms with Crippen LogP contribution in [0.2, 0.25) is 0 Å². The van der Waals surface area contributed by atoms with Crippen molar-refractivity contribution in [2.24, 2.45) is 13.0 Å². The van der Waals surface area contributed by atoms with Crippen LogP contribution in [0.3, 0.4) is 0 Å². The van der Waals surface area contributed by atoms with Gasteiger partial charge in [-0.25, -0.2) is 0 Å². The van der Waals surface area contributed by atoms with Crippen LogP contribution in [-0.4, -0.2) is 27.6 Å². The van der Waals surface area contributed by atoms with Crippen molar-refractivity contribution in [3.63, 3.8) is 0 Å². The van der Waals surface area contributed by atoms with Gasteiger partial charge in [0.1, 0.15) is 5.69 Å². The summed E-state index contributed by atoms with van der Waals surface area (Å²) in [6.45, 7) is 1.89. The fourth-order valence-corrected chi connectivity index (χ4v) is 2.85. The van der Waals surface area contributed by atoms with Crippen molar-refractivity contribution in [3.05, 3.63) is 17.5 Å². The van der Waals surface area contributed by atoms with Gasteiger partial charge in [-0.2, -0.15) is 5.10 Å². The highest BCUT2D eigenvalue weighted by Crippen LogP contribution is 2.25. The maximum atomic E-state index is 12.1. The molecule has 2 rings (SSSR count). The Morgan fingerprint density at radius 3 is 2.67 bits per heavy atom. The molecule has 1 heterocycles. The van der Waals surface area contributed by atoms with E-state index in [1.807, 2.05) is 13.0 Å². The molecule has 4 nitrogen and oxygen atoms in total. The summed E-state index contributed by atoms with van der Waals surface area (Å²) in [6, 6.07) is 2.10. The number of nitrogens with one attached hydrogen (secondary N) is 1. The Labute approximate surface area is 113 Å². The van der Waals surface area contributed by atoms with Crippen molar-refractivity contribution >= 4 is 17.5 Å². The zero-order chi connectivity index (χ0) is 13.1. The number of amides is 1. The minimum absolute atomic E-state index is 0.0209. The second-order valence-corrected chi connectivity index (χ2v) is 5.45. The molecule has 0 saturated heterocycles. The summed E-state index contributed by atoms with van der Waals surface area (Å²) in [4.78, 5) is 12.1. The first-order valence-electron chi connectivity index (χ1n) is 6.47. The van der Waals surface area contributed by atoms with Gasteiger partial charge in [-0.3, -0.25) is 9.48 Å². The fourth-order valence-electron chi connectivity index (χ4n) is 2.54. The molecule has 1 aromatic rings. The number of aromatic nitrogens is 2. The number of alkyl halides is 1. The van der Waals surface area contributed by atoms with E-state index < -0.39 is 0 Å². The van der Waals surface area contributed by atoms with E-state index in [9.17, 15) is 4.79 Å². The van der Waals surface area contributed by atoms with Gasteiger partial charge in [-0.1, -0.05) is 0 Å². The smallest absolute Gasteiger partial charge is 0.269 e. The predicted molar refractivity (Wildman–Crippen MR) is 71.9 cm³/mol. The molecular formula is C13H20ClN3O. The molecule has 0 aliphatic heterocycles. The highest BCUT2D eigenvalue weighted by molar-refractivity contribution is 6.18. The van der Waals surface area contributed by atoms with Crippen LogP contribution in [0.25, 0.3) is 0 Å². The van der Waals surface area contributed by atoms with Crippen LogP contribution in [0.15, 0.2) is 6.07 Å². The Kier molecular flexibility index (Phi) is 4.27. The number of hydrogen-bond donors (Lipinski definition) is 1. The topological polar surface area (TPSA) is 46.9 Å². The Hall–Kier alpha value is -1.03. The van der Waals surface area contributed by atoms with Crippen LogP contribution >= 0.6 is 11.6 Å². The lowest BCUT2D eigenvalue weighted by Gasteiger charge is -2.27. The summed E-state index contributed by atoms with van der Waals surface area (Å²) in [5.74, 6) is 1.34. The molecule has 1 saturated carbocycles. The zero-order valence-corrected chi connectivity index (χ0v) is 11.7. The number of rotatable bonds is 3. The largest absolute Gasteiger partial charge is 0.348 e. The number of nitrogens with zero attached hydrogens (tertiary/aromatic N) is 2. The van der Waals surface area contributed by atoms with E-state index >= 15 is 0 Å². The molecule has 0 aromatic carbocycles. The molecule has 0 bridgehead atoms. The number of carbonyl (C=O) groups excluding carboxylic acids is 1. The van der Waals surface area contributed by atoms with E-state index in [1.165, 1.54) is 0 Å². The van der Waals surface area contributed by atoms with Gasteiger partial charge in [0.15, 0.2) is 0 Å². The van der Waals surface area contributed by atoms with Gasteiger partial charge in [0.25, 0.3) is 5.91 Å². The fraction of sp³-hybridized carbons (Fsp3) is 0.692. The number of halogens is 1. The average molecular weight is 270 g/mol. The lowest BCUT2D eigenvalue weighted by Crippen LogP contribution is -2.38. The zero-order valence-electron chi connectivity index (χ0n) is 10.9. The minimum Gasteiger partial charge on any atom is -0.348 e. The van der Waals surface area contributed by atoms with E-state index in [-0.39, 0.29) is 11.9 Å². The van der Waals surface area contributed by atoms with Crippen molar-refractivity contribution in [2.45, 2.75) is 38.6 Å². The molecule has 1 aromatic heterocycles. The number of carbonyl (C=O) groups is 1. The first kappa shape index (κ1) is 13.4. The Balaban J connectivity index is 1.90. The molecule has 0 spiro atoms. The van der Waals surface area contributed by atoms with E-state index in [4.69, 9.17) is 11.6 Å². The molecule has 1 aliphatic carbocycles. The molecule has 1 fully saturated rings. The van der Waals surface area contributed by atoms with Crippen LogP contribution in [0, 0.1) is 12.8 Å². The summed E-state index contributed by atoms with van der Waals surface area (Å²) in [7, 11) is 1.80. The second-order valence-electron chi connectivity index (χ2n) is 5.14. The summed E-state index contributed by atoms with van der Waals surface area (Å²) in [6.07, 6.45) is 4.28. The minimum atomic E-state index is -0.0209. The lowest BCUT2D eigenvalue weighted by atomic mass is 9.87. The van der Waals surface area contributed by atoms with Gasteiger partial charge >= 0.3 is 0 Å². The van der Waals surface area contributed by atoms with Gasteiger partial charge in [0, 0.05) is 19.0 Å². The van der Waals surface area contributed by atoms with Crippen molar-refractivity contribution in [1.82, 2.24) is 15.1 Å². The van der Waals surface area contributed by atoms with Gasteiger partial charge in [-0.05, 0) is 44.6 Å². The third kappa shape index (κ3) is 3.05. The van der Waals surface area contributed by atoms with E-state index in [0.717, 1.165) is 37.3 Å². The van der Waals surface area contributed by atoms with Crippen LogP contribution in [0.5, 0.6) is 0 Å². The SMILES string of the molecule is Cc1cc(C(=O)NC2CCC(CCl)CC2)n(C)n1. The van der Waals surface area contributed by atoms with Crippen molar-refractivity contribution < 1.29 is 4.79 Å². The monoisotopic (exact) mass is 269 g/mol. The van der Waals surface area contributed by atoms with Crippen molar-refractivity contribution in [3.8, 4) is 0 Å². The van der Waals surface area contributed by atoms with Gasteiger partial charge < -0.3 is 5.32 Å². The average Bonchev–Trinajstić information content (AvgIpc) is 2.69. The van der Waals surface area contributed by atoms with E-state index in [0.29, 0.717) is 11.6 Å². The molecule has 0 unspecified atom stereocenters. The lowest BCUT2D eigenvalue weighted by molar-refractivity contribution is 0.0913. The van der Waals surface area contributed by atoms with Crippen molar-refractivity contribution in [1.29, 1.82) is 0 Å². The van der Waals surface area contributed by atoms with Gasteiger partial charge in [0.2, 0.25) is 0 Å². The molecular weight excluding hydrogens is 250 g/mol. The maximum absolute atomic E-state index is 12.1. The third-order valence-electron chi connectivity index (χ3n) is 3.63. The normalized spacial score (nSPS) is 23.9. The summed E-state index contributed by atoms with van der Waals surface area (Å²) < 4.78 is 1.63. The number of aryl methyl sites for hydroxylation is 2. The molecule has 1 aliphatic rings. The first-order chi connectivity index (χ1) is 8.60. The third-order valence-corrected chi connectivity index (χ3v) is 4.07. The highest BCUT2D eigenvalue weighted by Gasteiger charge is 2.23. The predicted octanol–water partition coefficient (Wildman–Crippen LogP) is 2.26. The quantitative estimate of drug-likeness (QED) is 0.856. The molecule has 1 amide bonds. The standard InChI is InChI=1S/C13H20ClN3O/c1-9-7-12(17(2)16-9)13(18)15-11-5-3-10(8-14)4-6-11/h7,10-11H,3-6,8H2,1-2H3,(H,15,18). The first-order valence-corrected chi connectivity index (χ1v) is 7.01. The van der Waals surface area contributed by atoms with Gasteiger partial charge in [0.05, 0.1) is 5.69 Å². The van der Waals surface area contributed by atoms with Crippen LogP contribution in [-0.2, 0) is 7.05 Å². The van der Waals surface area contributed by atoms with E-state index in [1.54, 1.807) is 11.7 Å². The molecule has 100 valence electrons. The molecule has 0 atom stereocenters. The van der Waals surface area contributed by atoms with E-state index in [2.05, 4.69) is 10.4 Å². The number of hydrogen-bond acceptors (Lipinski definition) is 2. The molecule has 0 radical (unpaired) electrons. The summed E-state index contributed by atoms with van der Waals surface area (Å²) in [5, 5.41) is 7.28. The van der Waals surface area contributed by atoms with Crippen molar-refractivity contribution in [2.75, 3.05) is 5.88 Å². The molecule has 18 heavy (non-hydrogen) atoms. The summed E-state index contributed by atoms with van der Waals surface area (Å²) >= 11 is 5.85. The van der Waals surface area contributed by atoms with Crippen LogP contribution in [0.1, 0.15) is 41.9 Å². The maximum Gasteiger partial charge on any atom is 0.269 e. The van der Waals surface area contributed by atoms with Gasteiger partial charge in [-0.15, -0.1) is 11.6 Å². The summed E-state index contributed by atoms with van der Waals surface area (Å²) in [5.41, 5.74) is 1.50.